The van der Waals surface area contributed by atoms with Crippen LogP contribution in [0.15, 0.2) is 28.8 Å². The van der Waals surface area contributed by atoms with Crippen LogP contribution in [0.3, 0.4) is 0 Å². The zero-order valence-corrected chi connectivity index (χ0v) is 7.68. The lowest BCUT2D eigenvalue weighted by Gasteiger charge is -2.07. The van der Waals surface area contributed by atoms with E-state index in [1.54, 1.807) is 0 Å². The third-order valence-corrected chi connectivity index (χ3v) is 1.91. The first-order valence-electron chi connectivity index (χ1n) is 4.18. The number of halogens is 4. The highest BCUT2D eigenvalue weighted by Crippen LogP contribution is 2.32. The molecule has 6 heteroatoms. The Morgan fingerprint density at radius 1 is 1.19 bits per heavy atom. The maximum absolute atomic E-state index is 13.0. The summed E-state index contributed by atoms with van der Waals surface area (Å²) in [6.45, 7) is 0. The zero-order valence-electron chi connectivity index (χ0n) is 7.68. The highest BCUT2D eigenvalue weighted by Gasteiger charge is 2.31. The molecule has 83 valence electrons. The molecule has 0 saturated heterocycles. The predicted molar refractivity (Wildman–Crippen MR) is 45.7 cm³/mol. The molecule has 0 amide bonds. The van der Waals surface area contributed by atoms with E-state index < -0.39 is 17.6 Å². The minimum atomic E-state index is -4.59. The number of hydrogen-bond acceptors (Lipinski definition) is 2. The lowest BCUT2D eigenvalue weighted by Crippen LogP contribution is -2.05. The van der Waals surface area contributed by atoms with Gasteiger partial charge in [0.15, 0.2) is 0 Å². The van der Waals surface area contributed by atoms with Crippen molar-refractivity contribution in [1.82, 2.24) is 5.16 Å². The van der Waals surface area contributed by atoms with Crippen molar-refractivity contribution in [3.05, 3.63) is 41.9 Å². The van der Waals surface area contributed by atoms with E-state index in [4.69, 9.17) is 0 Å². The Labute approximate surface area is 87.5 Å². The Kier molecular flexibility index (Phi) is 2.41. The van der Waals surface area contributed by atoms with Crippen molar-refractivity contribution in [2.75, 3.05) is 0 Å². The van der Waals surface area contributed by atoms with Gasteiger partial charge < -0.3 is 4.52 Å². The minimum Gasteiger partial charge on any atom is -0.352 e. The maximum atomic E-state index is 13.0. The average Bonchev–Trinajstić information content (AvgIpc) is 2.68. The molecule has 2 rings (SSSR count). The number of hydrogen-bond donors (Lipinski definition) is 0. The summed E-state index contributed by atoms with van der Waals surface area (Å²) in [5, 5.41) is 3.39. The Morgan fingerprint density at radius 2 is 1.94 bits per heavy atom. The first-order chi connectivity index (χ1) is 7.47. The van der Waals surface area contributed by atoms with Crippen LogP contribution in [-0.2, 0) is 6.18 Å². The second-order valence-electron chi connectivity index (χ2n) is 3.06. The van der Waals surface area contributed by atoms with E-state index >= 15 is 0 Å². The molecule has 2 nitrogen and oxygen atoms in total. The van der Waals surface area contributed by atoms with Crippen molar-refractivity contribution in [3.8, 4) is 11.3 Å². The van der Waals surface area contributed by atoms with E-state index in [0.717, 1.165) is 12.1 Å². The Balaban J connectivity index is 2.53. The van der Waals surface area contributed by atoms with E-state index in [1.807, 2.05) is 0 Å². The first kappa shape index (κ1) is 10.7. The summed E-state index contributed by atoms with van der Waals surface area (Å²) in [5.74, 6) is -0.979. The van der Waals surface area contributed by atoms with Crippen molar-refractivity contribution < 1.29 is 22.1 Å². The molecular weight excluding hydrogens is 226 g/mol. The van der Waals surface area contributed by atoms with Gasteiger partial charge in [-0.3, -0.25) is 0 Å². The molecule has 1 aromatic heterocycles. The molecule has 0 fully saturated rings. The van der Waals surface area contributed by atoms with Crippen molar-refractivity contribution >= 4 is 0 Å². The predicted octanol–water partition coefficient (Wildman–Crippen LogP) is 3.30. The first-order valence-corrected chi connectivity index (χ1v) is 4.18. The van der Waals surface area contributed by atoms with Gasteiger partial charge >= 0.3 is 6.18 Å². The third-order valence-electron chi connectivity index (χ3n) is 1.91. The van der Waals surface area contributed by atoms with Gasteiger partial charge in [0.25, 0.3) is 0 Å². The molecule has 0 saturated carbocycles. The quantitative estimate of drug-likeness (QED) is 0.702. The van der Waals surface area contributed by atoms with Crippen LogP contribution in [0, 0.1) is 12.1 Å². The smallest absolute Gasteiger partial charge is 0.352 e. The van der Waals surface area contributed by atoms with Crippen LogP contribution in [-0.4, -0.2) is 5.16 Å². The van der Waals surface area contributed by atoms with Gasteiger partial charge in [-0.25, -0.2) is 4.39 Å². The fourth-order valence-corrected chi connectivity index (χ4v) is 1.22. The molecular formula is C10H4F4NO. The Hall–Kier alpha value is -1.85. The molecule has 0 aliphatic rings. The van der Waals surface area contributed by atoms with Crippen molar-refractivity contribution in [2.24, 2.45) is 0 Å². The van der Waals surface area contributed by atoms with Gasteiger partial charge in [0.2, 0.25) is 6.26 Å². The zero-order chi connectivity index (χ0) is 11.8. The monoisotopic (exact) mass is 230 g/mol. The summed E-state index contributed by atoms with van der Waals surface area (Å²) < 4.78 is 54.5. The van der Waals surface area contributed by atoms with Crippen molar-refractivity contribution in [2.45, 2.75) is 6.18 Å². The maximum Gasteiger partial charge on any atom is 0.416 e. The molecule has 0 aliphatic carbocycles. The van der Waals surface area contributed by atoms with Crippen LogP contribution in [0.4, 0.5) is 17.6 Å². The van der Waals surface area contributed by atoms with Crippen LogP contribution in [0.1, 0.15) is 5.56 Å². The molecule has 0 bridgehead atoms. The van der Waals surface area contributed by atoms with E-state index in [9.17, 15) is 17.6 Å². The van der Waals surface area contributed by atoms with Crippen LogP contribution in [0.2, 0.25) is 0 Å². The fourth-order valence-electron chi connectivity index (χ4n) is 1.22. The lowest BCUT2D eigenvalue weighted by molar-refractivity contribution is -0.137. The van der Waals surface area contributed by atoms with E-state index in [-0.39, 0.29) is 11.3 Å². The molecule has 1 radical (unpaired) electrons. The van der Waals surface area contributed by atoms with Crippen LogP contribution in [0.5, 0.6) is 0 Å². The molecule has 0 N–H and O–H groups in total. The van der Waals surface area contributed by atoms with Crippen LogP contribution in [0.25, 0.3) is 11.3 Å². The highest BCUT2D eigenvalue weighted by atomic mass is 19.4. The van der Waals surface area contributed by atoms with E-state index in [0.29, 0.717) is 6.07 Å². The lowest BCUT2D eigenvalue weighted by atomic mass is 10.1. The largest absolute Gasteiger partial charge is 0.416 e. The van der Waals surface area contributed by atoms with Gasteiger partial charge in [0.1, 0.15) is 11.5 Å². The van der Waals surface area contributed by atoms with Gasteiger partial charge in [-0.05, 0) is 18.2 Å². The molecule has 0 atom stereocenters. The molecule has 0 aliphatic heterocycles. The van der Waals surface area contributed by atoms with E-state index in [1.165, 1.54) is 6.07 Å². The summed E-state index contributed by atoms with van der Waals surface area (Å²) in [7, 11) is 0. The molecule has 2 aromatic rings. The van der Waals surface area contributed by atoms with Gasteiger partial charge in [-0.15, -0.1) is 0 Å². The molecule has 1 aromatic carbocycles. The molecule has 0 unspecified atom stereocenters. The summed E-state index contributed by atoms with van der Waals surface area (Å²) in [4.78, 5) is 0. The number of benzene rings is 1. The minimum absolute atomic E-state index is 0.00248. The second kappa shape index (κ2) is 3.62. The average molecular weight is 230 g/mol. The normalized spacial score (nSPS) is 11.8. The van der Waals surface area contributed by atoms with Crippen molar-refractivity contribution in [3.63, 3.8) is 0 Å². The fraction of sp³-hybridized carbons (Fsp3) is 0.100. The van der Waals surface area contributed by atoms with Gasteiger partial charge in [0, 0.05) is 11.6 Å². The number of alkyl halides is 3. The summed E-state index contributed by atoms with van der Waals surface area (Å²) in [5.41, 5.74) is -0.965. The summed E-state index contributed by atoms with van der Waals surface area (Å²) in [6.07, 6.45) is -2.38. The summed E-state index contributed by atoms with van der Waals surface area (Å²) >= 11 is 0. The summed E-state index contributed by atoms with van der Waals surface area (Å²) in [6, 6.07) is 3.40. The van der Waals surface area contributed by atoms with Crippen molar-refractivity contribution in [1.29, 1.82) is 0 Å². The Bertz CT molecular complexity index is 490. The van der Waals surface area contributed by atoms with E-state index in [2.05, 4.69) is 15.9 Å². The number of aromatic nitrogens is 1. The van der Waals surface area contributed by atoms with Crippen LogP contribution < -0.4 is 0 Å². The Morgan fingerprint density at radius 3 is 2.50 bits per heavy atom. The number of rotatable bonds is 1. The second-order valence-corrected chi connectivity index (χ2v) is 3.06. The third kappa shape index (κ3) is 2.05. The van der Waals surface area contributed by atoms with Crippen LogP contribution >= 0.6 is 0 Å². The molecule has 0 spiro atoms. The molecule has 1 heterocycles. The highest BCUT2D eigenvalue weighted by molar-refractivity contribution is 5.59. The van der Waals surface area contributed by atoms with Gasteiger partial charge in [-0.1, -0.05) is 5.16 Å². The number of nitrogens with zero attached hydrogens (tertiary/aromatic N) is 1. The molecule has 16 heavy (non-hydrogen) atoms. The standard InChI is InChI=1S/C10H4F4NO/c11-8-4-6(9-1-2-16-15-9)3-7(5-8)10(12,13)14/h1,3-5H. The topological polar surface area (TPSA) is 26.0 Å². The SMILES string of the molecule is Fc1cc(-c2c[c]on2)cc(C(F)(F)F)c1. The van der Waals surface area contributed by atoms with Gasteiger partial charge in [-0.2, -0.15) is 13.2 Å². The van der Waals surface area contributed by atoms with Gasteiger partial charge in [0.05, 0.1) is 5.56 Å².